The van der Waals surface area contributed by atoms with Crippen molar-refractivity contribution in [3.63, 3.8) is 0 Å². The number of carbonyl (C=O) groups is 2. The molecule has 0 aliphatic carbocycles. The van der Waals surface area contributed by atoms with Crippen LogP contribution in [0.1, 0.15) is 296 Å². The predicted octanol–water partition coefficient (Wildman–Crippen LogP) is 18.9. The molecule has 1 N–H and O–H groups in total. The summed E-state index contributed by atoms with van der Waals surface area (Å²) >= 11 is 0. The molecular weight excluding hydrogens is 789 g/mol. The van der Waals surface area contributed by atoms with Gasteiger partial charge < -0.3 is 14.6 Å². The molecular formula is C59H108O5. The molecule has 0 bridgehead atoms. The molecule has 374 valence electrons. The third-order valence-electron chi connectivity index (χ3n) is 12.6. The molecule has 1 atom stereocenters. The number of rotatable bonds is 52. The van der Waals surface area contributed by atoms with Crippen molar-refractivity contribution in [2.45, 2.75) is 302 Å². The molecule has 0 radical (unpaired) electrons. The van der Waals surface area contributed by atoms with Crippen molar-refractivity contribution < 1.29 is 24.2 Å². The zero-order valence-electron chi connectivity index (χ0n) is 42.8. The summed E-state index contributed by atoms with van der Waals surface area (Å²) in [6.45, 7) is 4.06. The Kier molecular flexibility index (Phi) is 53.3. The van der Waals surface area contributed by atoms with Gasteiger partial charge >= 0.3 is 11.9 Å². The van der Waals surface area contributed by atoms with Crippen molar-refractivity contribution in [2.24, 2.45) is 0 Å². The van der Waals surface area contributed by atoms with Gasteiger partial charge in [0.25, 0.3) is 0 Å². The number of carbonyl (C=O) groups excluding carboxylic acids is 2. The largest absolute Gasteiger partial charge is 0.462 e. The molecule has 0 aliphatic rings. The molecule has 0 aromatic rings. The molecule has 5 heteroatoms. The standard InChI is InChI=1S/C59H108O5/c1-3-5-7-9-11-13-15-17-19-21-23-25-26-27-28-29-30-31-32-34-35-37-39-41-43-45-47-49-51-53-58(61)63-56-57(55-60)64-59(62)54-52-50-48-46-44-42-40-38-36-33-24-22-20-18-16-14-12-10-8-6-4-2/h6,8,12,14,18,20,24,33,57,60H,3-5,7,9-11,13,15-17,19,21-23,25-32,34-56H2,1-2H3/b8-6-,14-12-,20-18-,33-24-. The predicted molar refractivity (Wildman–Crippen MR) is 279 cm³/mol. The van der Waals surface area contributed by atoms with E-state index in [1.54, 1.807) is 0 Å². The van der Waals surface area contributed by atoms with Gasteiger partial charge in [-0.1, -0.05) is 281 Å². The number of aliphatic hydroxyl groups excluding tert-OH is 1. The van der Waals surface area contributed by atoms with Crippen LogP contribution in [0.15, 0.2) is 48.6 Å². The van der Waals surface area contributed by atoms with Crippen LogP contribution in [0.3, 0.4) is 0 Å². The Morgan fingerprint density at radius 3 is 1.02 bits per heavy atom. The number of aliphatic hydroxyl groups is 1. The average molecular weight is 898 g/mol. The van der Waals surface area contributed by atoms with E-state index >= 15 is 0 Å². The van der Waals surface area contributed by atoms with Gasteiger partial charge in [0.1, 0.15) is 6.61 Å². The molecule has 5 nitrogen and oxygen atoms in total. The first-order valence-electron chi connectivity index (χ1n) is 28.2. The molecule has 0 fully saturated rings. The number of esters is 2. The van der Waals surface area contributed by atoms with E-state index in [0.29, 0.717) is 12.8 Å². The average Bonchev–Trinajstić information content (AvgIpc) is 3.30. The first kappa shape index (κ1) is 61.9. The summed E-state index contributed by atoms with van der Waals surface area (Å²) < 4.78 is 10.7. The molecule has 0 heterocycles. The third kappa shape index (κ3) is 52.5. The lowest BCUT2D eigenvalue weighted by Gasteiger charge is -2.15. The lowest BCUT2D eigenvalue weighted by Crippen LogP contribution is -2.28. The fourth-order valence-electron chi connectivity index (χ4n) is 8.43. The van der Waals surface area contributed by atoms with Crippen molar-refractivity contribution in [3.8, 4) is 0 Å². The molecule has 1 unspecified atom stereocenters. The van der Waals surface area contributed by atoms with Crippen LogP contribution < -0.4 is 0 Å². The van der Waals surface area contributed by atoms with Gasteiger partial charge in [0.05, 0.1) is 6.61 Å². The van der Waals surface area contributed by atoms with Gasteiger partial charge in [0.2, 0.25) is 0 Å². The van der Waals surface area contributed by atoms with Crippen LogP contribution in [0.5, 0.6) is 0 Å². The topological polar surface area (TPSA) is 72.8 Å². The van der Waals surface area contributed by atoms with E-state index in [9.17, 15) is 14.7 Å². The van der Waals surface area contributed by atoms with Crippen LogP contribution >= 0.6 is 0 Å². The fourth-order valence-corrected chi connectivity index (χ4v) is 8.43. The number of allylic oxidation sites excluding steroid dienone is 8. The van der Waals surface area contributed by atoms with E-state index in [1.165, 1.54) is 199 Å². The quantitative estimate of drug-likeness (QED) is 0.0374. The van der Waals surface area contributed by atoms with Crippen LogP contribution in [0.4, 0.5) is 0 Å². The fraction of sp³-hybridized carbons (Fsp3) is 0.831. The summed E-state index contributed by atoms with van der Waals surface area (Å²) in [6, 6.07) is 0. The van der Waals surface area contributed by atoms with Crippen molar-refractivity contribution in [1.82, 2.24) is 0 Å². The van der Waals surface area contributed by atoms with Crippen LogP contribution in [0, 0.1) is 0 Å². The summed E-state index contributed by atoms with van der Waals surface area (Å²) in [5.41, 5.74) is 0. The van der Waals surface area contributed by atoms with Gasteiger partial charge in [0.15, 0.2) is 6.10 Å². The van der Waals surface area contributed by atoms with Crippen molar-refractivity contribution >= 4 is 11.9 Å². The second-order valence-electron chi connectivity index (χ2n) is 19.0. The first-order chi connectivity index (χ1) is 31.6. The lowest BCUT2D eigenvalue weighted by atomic mass is 10.0. The zero-order valence-corrected chi connectivity index (χ0v) is 42.8. The molecule has 0 aliphatic heterocycles. The summed E-state index contributed by atoms with van der Waals surface area (Å²) in [5.74, 6) is -0.587. The Labute approximate surface area is 398 Å². The second-order valence-corrected chi connectivity index (χ2v) is 19.0. The monoisotopic (exact) mass is 897 g/mol. The van der Waals surface area contributed by atoms with E-state index in [1.807, 2.05) is 0 Å². The second kappa shape index (κ2) is 55.2. The van der Waals surface area contributed by atoms with E-state index in [-0.39, 0.29) is 25.2 Å². The maximum absolute atomic E-state index is 12.3. The lowest BCUT2D eigenvalue weighted by molar-refractivity contribution is -0.161. The van der Waals surface area contributed by atoms with Gasteiger partial charge in [-0.15, -0.1) is 0 Å². The summed E-state index contributed by atoms with van der Waals surface area (Å²) in [5, 5.41) is 9.64. The van der Waals surface area contributed by atoms with Crippen LogP contribution in [0.25, 0.3) is 0 Å². The summed E-state index contributed by atoms with van der Waals surface area (Å²) in [4.78, 5) is 24.5. The smallest absolute Gasteiger partial charge is 0.306 e. The number of ether oxygens (including phenoxy) is 2. The minimum absolute atomic E-state index is 0.0665. The van der Waals surface area contributed by atoms with Crippen LogP contribution in [0.2, 0.25) is 0 Å². The van der Waals surface area contributed by atoms with E-state index < -0.39 is 6.10 Å². The Morgan fingerprint density at radius 1 is 0.375 bits per heavy atom. The number of hydrogen-bond donors (Lipinski definition) is 1. The van der Waals surface area contributed by atoms with Crippen LogP contribution in [-0.4, -0.2) is 36.4 Å². The molecule has 0 saturated heterocycles. The van der Waals surface area contributed by atoms with Crippen molar-refractivity contribution in [2.75, 3.05) is 13.2 Å². The highest BCUT2D eigenvalue weighted by molar-refractivity contribution is 5.70. The van der Waals surface area contributed by atoms with Crippen LogP contribution in [-0.2, 0) is 19.1 Å². The SMILES string of the molecule is CC/C=C\C/C=C\C/C=C\C/C=C\CCCCCCCCCCC(=O)OC(CO)COC(=O)CCCCCCCCCCCCCCCCCCCCCCCCCCCCCCC. The normalized spacial score (nSPS) is 12.5. The molecule has 0 saturated carbocycles. The Morgan fingerprint density at radius 2 is 0.672 bits per heavy atom. The Hall–Kier alpha value is -2.14. The molecule has 0 amide bonds. The molecule has 0 aromatic heterocycles. The highest BCUT2D eigenvalue weighted by atomic mass is 16.6. The first-order valence-corrected chi connectivity index (χ1v) is 28.2. The zero-order chi connectivity index (χ0) is 46.3. The van der Waals surface area contributed by atoms with Gasteiger partial charge in [-0.05, 0) is 51.4 Å². The van der Waals surface area contributed by atoms with E-state index in [2.05, 4.69) is 62.5 Å². The molecule has 0 rings (SSSR count). The summed E-state index contributed by atoms with van der Waals surface area (Å²) in [7, 11) is 0. The van der Waals surface area contributed by atoms with Crippen molar-refractivity contribution in [3.05, 3.63) is 48.6 Å². The maximum atomic E-state index is 12.3. The minimum Gasteiger partial charge on any atom is -0.462 e. The van der Waals surface area contributed by atoms with Gasteiger partial charge in [0, 0.05) is 12.8 Å². The third-order valence-corrected chi connectivity index (χ3v) is 12.6. The summed E-state index contributed by atoms with van der Waals surface area (Å²) in [6.07, 6.45) is 72.3. The van der Waals surface area contributed by atoms with E-state index in [0.717, 1.165) is 70.6 Å². The number of hydrogen-bond acceptors (Lipinski definition) is 5. The van der Waals surface area contributed by atoms with E-state index in [4.69, 9.17) is 9.47 Å². The minimum atomic E-state index is -0.776. The van der Waals surface area contributed by atoms with Gasteiger partial charge in [-0.2, -0.15) is 0 Å². The molecule has 0 spiro atoms. The van der Waals surface area contributed by atoms with Crippen molar-refractivity contribution in [1.29, 1.82) is 0 Å². The number of unbranched alkanes of at least 4 members (excludes halogenated alkanes) is 36. The highest BCUT2D eigenvalue weighted by Gasteiger charge is 2.16. The Balaban J connectivity index is 3.44. The Bertz CT molecular complexity index is 1060. The highest BCUT2D eigenvalue weighted by Crippen LogP contribution is 2.17. The van der Waals surface area contributed by atoms with Gasteiger partial charge in [-0.25, -0.2) is 0 Å². The van der Waals surface area contributed by atoms with Gasteiger partial charge in [-0.3, -0.25) is 9.59 Å². The maximum Gasteiger partial charge on any atom is 0.306 e. The molecule has 0 aromatic carbocycles. The molecule has 64 heavy (non-hydrogen) atoms.